The lowest BCUT2D eigenvalue weighted by Crippen LogP contribution is -2.67. The van der Waals surface area contributed by atoms with Crippen molar-refractivity contribution >= 4 is 17.0 Å². The topological polar surface area (TPSA) is 30.5 Å². The van der Waals surface area contributed by atoms with Crippen molar-refractivity contribution in [1.29, 1.82) is 0 Å². The average Bonchev–Trinajstić information content (AvgIpc) is 2.43. The molecular weight excluding hydrogens is 270 g/mol. The van der Waals surface area contributed by atoms with Gasteiger partial charge in [0.2, 0.25) is 0 Å². The SMILES string of the molecule is CCCC[Si](N[Si](CC)(CC)CC)(OCC)OCC. The van der Waals surface area contributed by atoms with E-state index < -0.39 is 17.0 Å². The Balaban J connectivity index is 5.05. The number of rotatable bonds is 12. The molecular formula is C14H35NO2Si2. The maximum Gasteiger partial charge on any atom is 0.418 e. The van der Waals surface area contributed by atoms with Crippen LogP contribution in [0.4, 0.5) is 0 Å². The molecule has 0 bridgehead atoms. The first-order valence-corrected chi connectivity index (χ1v) is 12.8. The fourth-order valence-corrected chi connectivity index (χ4v) is 12.7. The number of unbranched alkanes of at least 4 members (excludes halogenated alkanes) is 1. The first kappa shape index (κ1) is 19.3. The Hall–Kier alpha value is 0.314. The van der Waals surface area contributed by atoms with Gasteiger partial charge in [-0.1, -0.05) is 40.5 Å². The van der Waals surface area contributed by atoms with Crippen LogP contribution in [-0.2, 0) is 8.85 Å². The summed E-state index contributed by atoms with van der Waals surface area (Å²) >= 11 is 0. The Morgan fingerprint density at radius 3 is 1.58 bits per heavy atom. The number of hydrogen-bond acceptors (Lipinski definition) is 3. The lowest BCUT2D eigenvalue weighted by atomic mass is 10.4. The van der Waals surface area contributed by atoms with Gasteiger partial charge in [-0.15, -0.1) is 0 Å². The molecule has 0 unspecified atom stereocenters. The van der Waals surface area contributed by atoms with Gasteiger partial charge in [-0.3, -0.25) is 0 Å². The monoisotopic (exact) mass is 305 g/mol. The minimum absolute atomic E-state index is 0.755. The summed E-state index contributed by atoms with van der Waals surface area (Å²) in [6.07, 6.45) is 2.40. The lowest BCUT2D eigenvalue weighted by Gasteiger charge is -2.40. The summed E-state index contributed by atoms with van der Waals surface area (Å²) in [7, 11) is -3.62. The summed E-state index contributed by atoms with van der Waals surface area (Å²) in [5, 5.41) is 0. The first-order valence-electron chi connectivity index (χ1n) is 8.14. The summed E-state index contributed by atoms with van der Waals surface area (Å²) in [5.41, 5.74) is 0. The Kier molecular flexibility index (Phi) is 10.3. The predicted molar refractivity (Wildman–Crippen MR) is 89.1 cm³/mol. The Morgan fingerprint density at radius 1 is 0.789 bits per heavy atom. The van der Waals surface area contributed by atoms with Gasteiger partial charge in [0.05, 0.1) is 0 Å². The molecule has 0 radical (unpaired) electrons. The van der Waals surface area contributed by atoms with E-state index in [9.17, 15) is 0 Å². The van der Waals surface area contributed by atoms with Crippen LogP contribution in [0.3, 0.4) is 0 Å². The molecule has 3 nitrogen and oxygen atoms in total. The van der Waals surface area contributed by atoms with Crippen LogP contribution in [-0.4, -0.2) is 30.2 Å². The van der Waals surface area contributed by atoms with Gasteiger partial charge < -0.3 is 13.5 Å². The van der Waals surface area contributed by atoms with E-state index in [2.05, 4.69) is 46.2 Å². The number of hydrogen-bond donors (Lipinski definition) is 1. The zero-order chi connectivity index (χ0) is 14.8. The predicted octanol–water partition coefficient (Wildman–Crippen LogP) is 4.39. The van der Waals surface area contributed by atoms with Crippen LogP contribution >= 0.6 is 0 Å². The zero-order valence-electron chi connectivity index (χ0n) is 14.0. The minimum Gasteiger partial charge on any atom is -0.383 e. The second-order valence-electron chi connectivity index (χ2n) is 5.19. The Bertz CT molecular complexity index is 209. The molecule has 0 amide bonds. The van der Waals surface area contributed by atoms with Gasteiger partial charge in [-0.2, -0.15) is 0 Å². The van der Waals surface area contributed by atoms with Crippen LogP contribution in [0.5, 0.6) is 0 Å². The normalized spacial score (nSPS) is 12.9. The van der Waals surface area contributed by atoms with E-state index in [-0.39, 0.29) is 0 Å². The molecule has 0 atom stereocenters. The molecule has 0 spiro atoms. The van der Waals surface area contributed by atoms with Crippen molar-refractivity contribution in [1.82, 2.24) is 4.65 Å². The first-order chi connectivity index (χ1) is 9.07. The van der Waals surface area contributed by atoms with Gasteiger partial charge in [0.25, 0.3) is 0 Å². The van der Waals surface area contributed by atoms with E-state index in [1.807, 2.05) is 0 Å². The van der Waals surface area contributed by atoms with Gasteiger partial charge >= 0.3 is 8.72 Å². The van der Waals surface area contributed by atoms with Crippen molar-refractivity contribution in [2.24, 2.45) is 0 Å². The van der Waals surface area contributed by atoms with Crippen LogP contribution in [0.2, 0.25) is 24.2 Å². The fourth-order valence-electron chi connectivity index (χ4n) is 2.62. The summed E-state index contributed by atoms with van der Waals surface area (Å²) in [6.45, 7) is 14.9. The molecule has 0 saturated carbocycles. The molecule has 116 valence electrons. The highest BCUT2D eigenvalue weighted by Crippen LogP contribution is 2.24. The molecule has 0 aliphatic heterocycles. The van der Waals surface area contributed by atoms with Crippen molar-refractivity contribution in [2.45, 2.75) is 78.6 Å². The van der Waals surface area contributed by atoms with Crippen molar-refractivity contribution in [3.63, 3.8) is 0 Å². The second-order valence-corrected chi connectivity index (χ2v) is 13.5. The maximum atomic E-state index is 6.17. The van der Waals surface area contributed by atoms with Gasteiger partial charge in [-0.25, -0.2) is 0 Å². The largest absolute Gasteiger partial charge is 0.418 e. The summed E-state index contributed by atoms with van der Waals surface area (Å²) in [4.78, 5) is 0. The highest BCUT2D eigenvalue weighted by Gasteiger charge is 2.44. The third kappa shape index (κ3) is 6.08. The molecule has 0 saturated heterocycles. The molecule has 0 rings (SSSR count). The summed E-state index contributed by atoms with van der Waals surface area (Å²) in [6, 6.07) is 4.88. The fraction of sp³-hybridized carbons (Fsp3) is 1.00. The Labute approximate surface area is 122 Å². The van der Waals surface area contributed by atoms with Gasteiger partial charge in [0, 0.05) is 19.3 Å². The molecule has 1 N–H and O–H groups in total. The van der Waals surface area contributed by atoms with Crippen molar-refractivity contribution in [2.75, 3.05) is 13.2 Å². The third-order valence-electron chi connectivity index (χ3n) is 4.10. The van der Waals surface area contributed by atoms with E-state index in [1.54, 1.807) is 0 Å². The average molecular weight is 306 g/mol. The molecule has 0 aliphatic carbocycles. The van der Waals surface area contributed by atoms with Crippen molar-refractivity contribution < 1.29 is 8.85 Å². The molecule has 5 heteroatoms. The third-order valence-corrected chi connectivity index (χ3v) is 14.3. The Morgan fingerprint density at radius 2 is 1.26 bits per heavy atom. The number of nitrogens with one attached hydrogen (secondary N) is 1. The molecule has 0 aromatic carbocycles. The van der Waals surface area contributed by atoms with E-state index in [1.165, 1.54) is 31.0 Å². The highest BCUT2D eigenvalue weighted by molar-refractivity contribution is 6.88. The van der Waals surface area contributed by atoms with Crippen LogP contribution in [0.15, 0.2) is 0 Å². The smallest absolute Gasteiger partial charge is 0.383 e. The molecule has 0 aliphatic rings. The van der Waals surface area contributed by atoms with Gasteiger partial charge in [-0.05, 0) is 32.0 Å². The molecule has 0 aromatic heterocycles. The molecule has 0 fully saturated rings. The van der Waals surface area contributed by atoms with E-state index in [0.717, 1.165) is 19.3 Å². The second kappa shape index (κ2) is 10.1. The van der Waals surface area contributed by atoms with Crippen LogP contribution in [0.25, 0.3) is 0 Å². The highest BCUT2D eigenvalue weighted by atomic mass is 28.4. The molecule has 19 heavy (non-hydrogen) atoms. The maximum absolute atomic E-state index is 6.17. The summed E-state index contributed by atoms with van der Waals surface area (Å²) < 4.78 is 16.3. The van der Waals surface area contributed by atoms with Crippen LogP contribution < -0.4 is 4.65 Å². The van der Waals surface area contributed by atoms with Crippen molar-refractivity contribution in [3.8, 4) is 0 Å². The van der Waals surface area contributed by atoms with Crippen LogP contribution in [0.1, 0.15) is 54.4 Å². The zero-order valence-corrected chi connectivity index (χ0v) is 16.0. The lowest BCUT2D eigenvalue weighted by molar-refractivity contribution is 0.176. The molecule has 0 heterocycles. The van der Waals surface area contributed by atoms with Crippen molar-refractivity contribution in [3.05, 3.63) is 0 Å². The van der Waals surface area contributed by atoms with Crippen LogP contribution in [0, 0.1) is 0 Å². The van der Waals surface area contributed by atoms with E-state index >= 15 is 0 Å². The van der Waals surface area contributed by atoms with E-state index in [0.29, 0.717) is 0 Å². The molecule has 0 aromatic rings. The minimum atomic E-state index is -2.20. The van der Waals surface area contributed by atoms with Gasteiger partial charge in [0.1, 0.15) is 8.24 Å². The standard InChI is InChI=1S/C14H35NO2Si2/c1-7-13-14-19(16-8-2,17-9-3)15-18(10-4,11-5)12-6/h15H,7-14H2,1-6H3. The van der Waals surface area contributed by atoms with E-state index in [4.69, 9.17) is 8.85 Å². The summed E-state index contributed by atoms with van der Waals surface area (Å²) in [5.74, 6) is 0. The van der Waals surface area contributed by atoms with Gasteiger partial charge in [0.15, 0.2) is 0 Å². The quantitative estimate of drug-likeness (QED) is 0.542.